The van der Waals surface area contributed by atoms with E-state index in [4.69, 9.17) is 9.47 Å². The second-order valence-corrected chi connectivity index (χ2v) is 7.12. The molecule has 0 N–H and O–H groups in total. The number of ether oxygens (including phenoxy) is 2. The number of imidazole rings is 1. The Bertz CT molecular complexity index is 722. The molecule has 6 heteroatoms. The zero-order valence-corrected chi connectivity index (χ0v) is 16.3. The van der Waals surface area contributed by atoms with Crippen LogP contribution in [0.2, 0.25) is 0 Å². The van der Waals surface area contributed by atoms with Gasteiger partial charge in [0, 0.05) is 38.6 Å². The first-order valence-corrected chi connectivity index (χ1v) is 9.63. The fourth-order valence-corrected chi connectivity index (χ4v) is 3.60. The van der Waals surface area contributed by atoms with Gasteiger partial charge in [0.05, 0.1) is 0 Å². The van der Waals surface area contributed by atoms with Crippen LogP contribution in [0.1, 0.15) is 30.8 Å². The topological polar surface area (TPSA) is 56.6 Å². The van der Waals surface area contributed by atoms with Gasteiger partial charge < -0.3 is 18.9 Å². The Morgan fingerprint density at radius 3 is 2.67 bits per heavy atom. The van der Waals surface area contributed by atoms with Gasteiger partial charge in [0.1, 0.15) is 18.2 Å². The second-order valence-electron chi connectivity index (χ2n) is 7.12. The predicted octanol–water partition coefficient (Wildman–Crippen LogP) is 3.05. The van der Waals surface area contributed by atoms with E-state index in [-0.39, 0.29) is 12.5 Å². The summed E-state index contributed by atoms with van der Waals surface area (Å²) in [5.41, 5.74) is 1.17. The van der Waals surface area contributed by atoms with E-state index < -0.39 is 0 Å². The summed E-state index contributed by atoms with van der Waals surface area (Å²) < 4.78 is 13.1. The smallest absolute Gasteiger partial charge is 0.260 e. The summed E-state index contributed by atoms with van der Waals surface area (Å²) in [6.45, 7) is 5.33. The fraction of sp³-hybridized carbons (Fsp3) is 0.524. The Hall–Kier alpha value is -2.34. The largest absolute Gasteiger partial charge is 0.484 e. The van der Waals surface area contributed by atoms with Crippen molar-refractivity contribution < 1.29 is 14.3 Å². The molecular formula is C21H29N3O3. The van der Waals surface area contributed by atoms with E-state index in [9.17, 15) is 4.79 Å². The lowest BCUT2D eigenvalue weighted by atomic mass is 9.93. The van der Waals surface area contributed by atoms with Crippen LogP contribution in [0.15, 0.2) is 36.5 Å². The first-order chi connectivity index (χ1) is 13.2. The van der Waals surface area contributed by atoms with Gasteiger partial charge in [-0.05, 0) is 44.2 Å². The SMILES string of the molecule is COCc1ncc(C)n1CCC1CCN(C(=O)COc2ccccc2)CC1. The Morgan fingerprint density at radius 2 is 1.96 bits per heavy atom. The second kappa shape index (κ2) is 9.55. The maximum atomic E-state index is 12.4. The Kier molecular flexibility index (Phi) is 6.87. The van der Waals surface area contributed by atoms with Gasteiger partial charge in [-0.15, -0.1) is 0 Å². The summed E-state index contributed by atoms with van der Waals surface area (Å²) in [6.07, 6.45) is 5.10. The molecule has 0 spiro atoms. The van der Waals surface area contributed by atoms with Gasteiger partial charge in [-0.25, -0.2) is 4.98 Å². The van der Waals surface area contributed by atoms with Gasteiger partial charge in [-0.3, -0.25) is 4.79 Å². The van der Waals surface area contributed by atoms with Crippen molar-refractivity contribution in [2.75, 3.05) is 26.8 Å². The first kappa shape index (κ1) is 19.4. The maximum absolute atomic E-state index is 12.4. The van der Waals surface area contributed by atoms with Crippen molar-refractivity contribution in [1.82, 2.24) is 14.5 Å². The molecule has 1 aliphatic heterocycles. The van der Waals surface area contributed by atoms with Crippen LogP contribution < -0.4 is 4.74 Å². The number of aryl methyl sites for hydroxylation is 1. The maximum Gasteiger partial charge on any atom is 0.260 e. The lowest BCUT2D eigenvalue weighted by molar-refractivity contribution is -0.134. The molecule has 0 saturated carbocycles. The molecule has 1 aliphatic rings. The molecule has 0 aliphatic carbocycles. The highest BCUT2D eigenvalue weighted by atomic mass is 16.5. The third-order valence-corrected chi connectivity index (χ3v) is 5.24. The van der Waals surface area contributed by atoms with E-state index in [1.54, 1.807) is 7.11 Å². The minimum Gasteiger partial charge on any atom is -0.484 e. The number of carbonyl (C=O) groups is 1. The van der Waals surface area contributed by atoms with Crippen molar-refractivity contribution in [3.8, 4) is 5.75 Å². The molecule has 27 heavy (non-hydrogen) atoms. The minimum absolute atomic E-state index is 0.0742. The van der Waals surface area contributed by atoms with Crippen LogP contribution in [0.25, 0.3) is 0 Å². The molecule has 0 atom stereocenters. The van der Waals surface area contributed by atoms with Gasteiger partial charge in [0.2, 0.25) is 0 Å². The van der Waals surface area contributed by atoms with E-state index >= 15 is 0 Å². The number of carbonyl (C=O) groups excluding carboxylic acids is 1. The lowest BCUT2D eigenvalue weighted by Crippen LogP contribution is -2.41. The minimum atomic E-state index is 0.0742. The highest BCUT2D eigenvalue weighted by Gasteiger charge is 2.23. The van der Waals surface area contributed by atoms with Crippen LogP contribution in [0.5, 0.6) is 5.75 Å². The van der Waals surface area contributed by atoms with E-state index in [2.05, 4.69) is 16.5 Å². The third-order valence-electron chi connectivity index (χ3n) is 5.24. The number of nitrogens with zero attached hydrogens (tertiary/aromatic N) is 3. The van der Waals surface area contributed by atoms with Crippen LogP contribution in [-0.2, 0) is 22.7 Å². The van der Waals surface area contributed by atoms with Crippen LogP contribution in [0.3, 0.4) is 0 Å². The predicted molar refractivity (Wildman–Crippen MR) is 104 cm³/mol. The average Bonchev–Trinajstić information content (AvgIpc) is 3.05. The molecule has 2 heterocycles. The number of likely N-dealkylation sites (tertiary alicyclic amines) is 1. The number of methoxy groups -OCH3 is 1. The number of amides is 1. The highest BCUT2D eigenvalue weighted by Crippen LogP contribution is 2.22. The van der Waals surface area contributed by atoms with Crippen molar-refractivity contribution in [2.45, 2.75) is 39.3 Å². The van der Waals surface area contributed by atoms with Crippen LogP contribution in [-0.4, -0.2) is 47.2 Å². The molecule has 0 bridgehead atoms. The third kappa shape index (κ3) is 5.32. The quantitative estimate of drug-likeness (QED) is 0.716. The number of piperidine rings is 1. The van der Waals surface area contributed by atoms with Crippen molar-refractivity contribution in [1.29, 1.82) is 0 Å². The van der Waals surface area contributed by atoms with E-state index in [1.807, 2.05) is 41.4 Å². The zero-order valence-electron chi connectivity index (χ0n) is 16.3. The average molecular weight is 371 g/mol. The standard InChI is InChI=1S/C21H29N3O3/c1-17-14-22-20(15-26-2)24(17)13-10-18-8-11-23(12-9-18)21(25)16-27-19-6-4-3-5-7-19/h3-7,14,18H,8-13,15-16H2,1-2H3. The van der Waals surface area contributed by atoms with E-state index in [0.717, 1.165) is 50.5 Å². The molecule has 1 saturated heterocycles. The van der Waals surface area contributed by atoms with Gasteiger partial charge in [0.15, 0.2) is 6.61 Å². The first-order valence-electron chi connectivity index (χ1n) is 9.63. The molecule has 3 rings (SSSR count). The van der Waals surface area contributed by atoms with Gasteiger partial charge in [-0.1, -0.05) is 18.2 Å². The molecule has 1 fully saturated rings. The van der Waals surface area contributed by atoms with Gasteiger partial charge in [-0.2, -0.15) is 0 Å². The van der Waals surface area contributed by atoms with Gasteiger partial charge >= 0.3 is 0 Å². The van der Waals surface area contributed by atoms with Crippen LogP contribution in [0, 0.1) is 12.8 Å². The summed E-state index contributed by atoms with van der Waals surface area (Å²) in [5.74, 6) is 2.44. The fourth-order valence-electron chi connectivity index (χ4n) is 3.60. The molecular weight excluding hydrogens is 342 g/mol. The summed E-state index contributed by atoms with van der Waals surface area (Å²) in [5, 5.41) is 0. The Labute approximate surface area is 161 Å². The molecule has 1 aromatic carbocycles. The number of rotatable bonds is 8. The van der Waals surface area contributed by atoms with Crippen LogP contribution in [0.4, 0.5) is 0 Å². The highest BCUT2D eigenvalue weighted by molar-refractivity contribution is 5.77. The Balaban J connectivity index is 1.41. The molecule has 146 valence electrons. The monoisotopic (exact) mass is 371 g/mol. The number of para-hydroxylation sites is 1. The molecule has 2 aromatic rings. The molecule has 0 unspecified atom stereocenters. The number of aromatic nitrogens is 2. The lowest BCUT2D eigenvalue weighted by Gasteiger charge is -2.32. The van der Waals surface area contributed by atoms with Crippen molar-refractivity contribution >= 4 is 5.91 Å². The normalized spacial score (nSPS) is 15.1. The van der Waals surface area contributed by atoms with E-state index in [0.29, 0.717) is 12.5 Å². The summed E-state index contributed by atoms with van der Waals surface area (Å²) in [7, 11) is 1.70. The molecule has 1 amide bonds. The van der Waals surface area contributed by atoms with Crippen molar-refractivity contribution in [3.05, 3.63) is 48.0 Å². The summed E-state index contributed by atoms with van der Waals surface area (Å²) in [6, 6.07) is 9.49. The number of hydrogen-bond acceptors (Lipinski definition) is 4. The summed E-state index contributed by atoms with van der Waals surface area (Å²) >= 11 is 0. The molecule has 1 aromatic heterocycles. The molecule has 6 nitrogen and oxygen atoms in total. The van der Waals surface area contributed by atoms with Crippen molar-refractivity contribution in [2.24, 2.45) is 5.92 Å². The van der Waals surface area contributed by atoms with Crippen molar-refractivity contribution in [3.63, 3.8) is 0 Å². The summed E-state index contributed by atoms with van der Waals surface area (Å²) in [4.78, 5) is 18.7. The van der Waals surface area contributed by atoms with E-state index in [1.165, 1.54) is 5.69 Å². The van der Waals surface area contributed by atoms with Gasteiger partial charge in [0.25, 0.3) is 5.91 Å². The number of benzene rings is 1. The Morgan fingerprint density at radius 1 is 1.22 bits per heavy atom. The van der Waals surface area contributed by atoms with Crippen LogP contribution >= 0.6 is 0 Å². The number of hydrogen-bond donors (Lipinski definition) is 0. The molecule has 0 radical (unpaired) electrons. The zero-order chi connectivity index (χ0) is 19.1.